The zero-order valence-corrected chi connectivity index (χ0v) is 15.3. The van der Waals surface area contributed by atoms with Crippen LogP contribution in [-0.4, -0.2) is 36.5 Å². The zero-order valence-electron chi connectivity index (χ0n) is 12.1. The first kappa shape index (κ1) is 15.5. The molecule has 3 nitrogen and oxygen atoms in total. The van der Waals surface area contributed by atoms with Crippen LogP contribution in [0.3, 0.4) is 0 Å². The minimum absolute atomic E-state index is 0.0169. The SMILES string of the molecule is CN1C2CCC1CC(CNC(=O)c1cc(Br)cc(Br)c1)C2. The summed E-state index contributed by atoms with van der Waals surface area (Å²) >= 11 is 6.85. The van der Waals surface area contributed by atoms with Crippen LogP contribution in [-0.2, 0) is 0 Å². The Morgan fingerprint density at radius 2 is 1.76 bits per heavy atom. The lowest BCUT2D eigenvalue weighted by Gasteiger charge is -2.36. The maximum absolute atomic E-state index is 12.3. The van der Waals surface area contributed by atoms with Gasteiger partial charge in [0, 0.05) is 33.1 Å². The lowest BCUT2D eigenvalue weighted by atomic mass is 9.91. The molecule has 3 rings (SSSR count). The van der Waals surface area contributed by atoms with E-state index in [-0.39, 0.29) is 5.91 Å². The predicted octanol–water partition coefficient (Wildman–Crippen LogP) is 3.81. The Hall–Kier alpha value is -0.390. The first-order valence-corrected chi connectivity index (χ1v) is 9.08. The van der Waals surface area contributed by atoms with E-state index in [9.17, 15) is 4.79 Å². The van der Waals surface area contributed by atoms with E-state index in [2.05, 4.69) is 49.1 Å². The molecule has 0 radical (unpaired) electrons. The topological polar surface area (TPSA) is 32.3 Å². The highest BCUT2D eigenvalue weighted by Gasteiger charge is 2.38. The zero-order chi connectivity index (χ0) is 15.0. The molecule has 5 heteroatoms. The van der Waals surface area contributed by atoms with E-state index in [0.717, 1.165) is 27.6 Å². The fourth-order valence-electron chi connectivity index (χ4n) is 3.71. The predicted molar refractivity (Wildman–Crippen MR) is 91.5 cm³/mol. The summed E-state index contributed by atoms with van der Waals surface area (Å²) in [6.07, 6.45) is 5.08. The molecule has 21 heavy (non-hydrogen) atoms. The summed E-state index contributed by atoms with van der Waals surface area (Å²) < 4.78 is 1.83. The van der Waals surface area contributed by atoms with Gasteiger partial charge in [-0.3, -0.25) is 4.79 Å². The standard InChI is InChI=1S/C16H20Br2N2O/c1-20-14-2-3-15(20)5-10(4-14)9-19-16(21)11-6-12(17)8-13(18)7-11/h6-8,10,14-15H,2-5,9H2,1H3,(H,19,21). The number of carbonyl (C=O) groups excluding carboxylic acids is 1. The Balaban J connectivity index is 1.57. The molecule has 2 bridgehead atoms. The number of nitrogens with zero attached hydrogens (tertiary/aromatic N) is 1. The molecular formula is C16H20Br2N2O. The van der Waals surface area contributed by atoms with E-state index < -0.39 is 0 Å². The molecule has 2 aliphatic rings. The second-order valence-corrected chi connectivity index (χ2v) is 8.09. The molecule has 0 saturated carbocycles. The number of nitrogens with one attached hydrogen (secondary N) is 1. The van der Waals surface area contributed by atoms with Gasteiger partial charge in [-0.05, 0) is 56.8 Å². The molecular weight excluding hydrogens is 396 g/mol. The minimum atomic E-state index is 0.0169. The summed E-state index contributed by atoms with van der Waals surface area (Å²) in [5, 5.41) is 3.11. The smallest absolute Gasteiger partial charge is 0.251 e. The number of hydrogen-bond acceptors (Lipinski definition) is 2. The molecule has 114 valence electrons. The molecule has 2 unspecified atom stereocenters. The van der Waals surface area contributed by atoms with Crippen molar-refractivity contribution in [1.82, 2.24) is 10.2 Å². The molecule has 2 heterocycles. The van der Waals surface area contributed by atoms with Gasteiger partial charge >= 0.3 is 0 Å². The van der Waals surface area contributed by atoms with Crippen molar-refractivity contribution in [3.05, 3.63) is 32.7 Å². The molecule has 1 N–H and O–H groups in total. The monoisotopic (exact) mass is 414 g/mol. The Kier molecular flexibility index (Phi) is 4.71. The second-order valence-electron chi connectivity index (χ2n) is 6.26. The molecule has 1 aromatic carbocycles. The molecule has 2 fully saturated rings. The third-order valence-electron chi connectivity index (χ3n) is 4.87. The van der Waals surface area contributed by atoms with Crippen LogP contribution in [0.1, 0.15) is 36.0 Å². The molecule has 2 saturated heterocycles. The van der Waals surface area contributed by atoms with Gasteiger partial charge in [-0.1, -0.05) is 31.9 Å². The van der Waals surface area contributed by atoms with E-state index in [1.165, 1.54) is 25.7 Å². The van der Waals surface area contributed by atoms with Crippen molar-refractivity contribution in [2.45, 2.75) is 37.8 Å². The van der Waals surface area contributed by atoms with Crippen LogP contribution in [0, 0.1) is 5.92 Å². The third-order valence-corrected chi connectivity index (χ3v) is 5.79. The summed E-state index contributed by atoms with van der Waals surface area (Å²) in [5.74, 6) is 0.640. The van der Waals surface area contributed by atoms with Crippen LogP contribution in [0.4, 0.5) is 0 Å². The minimum Gasteiger partial charge on any atom is -0.352 e. The van der Waals surface area contributed by atoms with Gasteiger partial charge in [-0.15, -0.1) is 0 Å². The maximum Gasteiger partial charge on any atom is 0.251 e. The van der Waals surface area contributed by atoms with Crippen molar-refractivity contribution in [1.29, 1.82) is 0 Å². The largest absolute Gasteiger partial charge is 0.352 e. The number of fused-ring (bicyclic) bond motifs is 2. The molecule has 2 aliphatic heterocycles. The lowest BCUT2D eigenvalue weighted by molar-refractivity contribution is 0.0917. The Morgan fingerprint density at radius 1 is 1.19 bits per heavy atom. The number of amides is 1. The van der Waals surface area contributed by atoms with Gasteiger partial charge in [-0.25, -0.2) is 0 Å². The van der Waals surface area contributed by atoms with E-state index in [4.69, 9.17) is 0 Å². The Labute approximate surface area is 142 Å². The van der Waals surface area contributed by atoms with Crippen LogP contribution in [0.15, 0.2) is 27.1 Å². The van der Waals surface area contributed by atoms with E-state index >= 15 is 0 Å². The van der Waals surface area contributed by atoms with Crippen LogP contribution >= 0.6 is 31.9 Å². The number of rotatable bonds is 3. The molecule has 0 aromatic heterocycles. The van der Waals surface area contributed by atoms with Gasteiger partial charge in [0.2, 0.25) is 0 Å². The summed E-state index contributed by atoms with van der Waals surface area (Å²) in [6, 6.07) is 7.11. The van der Waals surface area contributed by atoms with Crippen LogP contribution in [0.25, 0.3) is 0 Å². The molecule has 0 aliphatic carbocycles. The fraction of sp³-hybridized carbons (Fsp3) is 0.562. The molecule has 0 spiro atoms. The van der Waals surface area contributed by atoms with Gasteiger partial charge in [-0.2, -0.15) is 0 Å². The number of hydrogen-bond donors (Lipinski definition) is 1. The van der Waals surface area contributed by atoms with Crippen LogP contribution in [0.2, 0.25) is 0 Å². The van der Waals surface area contributed by atoms with Gasteiger partial charge in [0.15, 0.2) is 0 Å². The second kappa shape index (κ2) is 6.39. The number of carbonyl (C=O) groups is 1. The van der Waals surface area contributed by atoms with Crippen molar-refractivity contribution in [3.63, 3.8) is 0 Å². The first-order valence-electron chi connectivity index (χ1n) is 7.49. The summed E-state index contributed by atoms with van der Waals surface area (Å²) in [6.45, 7) is 0.795. The van der Waals surface area contributed by atoms with Crippen molar-refractivity contribution in [2.24, 2.45) is 5.92 Å². The van der Waals surface area contributed by atoms with Crippen molar-refractivity contribution in [2.75, 3.05) is 13.6 Å². The molecule has 1 amide bonds. The van der Waals surface area contributed by atoms with Gasteiger partial charge in [0.25, 0.3) is 5.91 Å². The van der Waals surface area contributed by atoms with Gasteiger partial charge in [0.1, 0.15) is 0 Å². The highest BCUT2D eigenvalue weighted by Crippen LogP contribution is 2.37. The van der Waals surface area contributed by atoms with Crippen molar-refractivity contribution in [3.8, 4) is 0 Å². The third kappa shape index (κ3) is 3.51. The van der Waals surface area contributed by atoms with Crippen molar-refractivity contribution >= 4 is 37.8 Å². The molecule has 2 atom stereocenters. The first-order chi connectivity index (χ1) is 10.0. The Bertz CT molecular complexity index is 515. The average Bonchev–Trinajstić information content (AvgIpc) is 2.65. The number of benzene rings is 1. The lowest BCUT2D eigenvalue weighted by Crippen LogP contribution is -2.43. The van der Waals surface area contributed by atoms with E-state index in [0.29, 0.717) is 11.5 Å². The number of piperidine rings is 1. The quantitative estimate of drug-likeness (QED) is 0.813. The highest BCUT2D eigenvalue weighted by atomic mass is 79.9. The van der Waals surface area contributed by atoms with E-state index in [1.54, 1.807) is 0 Å². The summed E-state index contributed by atoms with van der Waals surface area (Å²) in [7, 11) is 2.25. The normalized spacial score (nSPS) is 28.6. The average molecular weight is 416 g/mol. The summed E-state index contributed by atoms with van der Waals surface area (Å²) in [5.41, 5.74) is 0.701. The van der Waals surface area contributed by atoms with E-state index in [1.807, 2.05) is 18.2 Å². The van der Waals surface area contributed by atoms with Crippen LogP contribution < -0.4 is 5.32 Å². The summed E-state index contributed by atoms with van der Waals surface area (Å²) in [4.78, 5) is 14.8. The number of halogens is 2. The highest BCUT2D eigenvalue weighted by molar-refractivity contribution is 9.11. The maximum atomic E-state index is 12.3. The van der Waals surface area contributed by atoms with Crippen LogP contribution in [0.5, 0.6) is 0 Å². The molecule has 1 aromatic rings. The van der Waals surface area contributed by atoms with Crippen molar-refractivity contribution < 1.29 is 4.79 Å². The fourth-order valence-corrected chi connectivity index (χ4v) is 5.01. The Morgan fingerprint density at radius 3 is 2.33 bits per heavy atom. The van der Waals surface area contributed by atoms with Gasteiger partial charge in [0.05, 0.1) is 0 Å². The van der Waals surface area contributed by atoms with Gasteiger partial charge < -0.3 is 10.2 Å².